The fourth-order valence-corrected chi connectivity index (χ4v) is 9.42. The van der Waals surface area contributed by atoms with Gasteiger partial charge in [-0.25, -0.2) is 4.79 Å². The summed E-state index contributed by atoms with van der Waals surface area (Å²) in [5.74, 6) is -5.80. The molecule has 0 saturated carbocycles. The van der Waals surface area contributed by atoms with Crippen molar-refractivity contribution in [2.45, 2.75) is 107 Å². The van der Waals surface area contributed by atoms with E-state index >= 15 is 0 Å². The molecular formula is C43H66N8O14SSm+3. The summed E-state index contributed by atoms with van der Waals surface area (Å²) in [4.78, 5) is 110. The Morgan fingerprint density at radius 3 is 1.66 bits per heavy atom. The first-order chi connectivity index (χ1) is 31.5. The summed E-state index contributed by atoms with van der Waals surface area (Å²) in [6.45, 7) is -2.55. The number of amides is 5. The number of rotatable bonds is 36. The number of unbranched alkanes of at least 4 members (excludes halogenated alkanes) is 5. The van der Waals surface area contributed by atoms with Gasteiger partial charge in [-0.2, -0.15) is 11.8 Å². The van der Waals surface area contributed by atoms with Crippen LogP contribution in [0, 0.1) is 40.4 Å². The van der Waals surface area contributed by atoms with Gasteiger partial charge in [-0.05, 0) is 62.6 Å². The topological polar surface area (TPSA) is 325 Å². The van der Waals surface area contributed by atoms with Gasteiger partial charge in [0.05, 0.1) is 44.8 Å². The summed E-state index contributed by atoms with van der Waals surface area (Å²) >= 11 is 1.87. The zero-order chi connectivity index (χ0) is 48.4. The van der Waals surface area contributed by atoms with E-state index in [4.69, 9.17) is 0 Å². The molecule has 22 nitrogen and oxygen atoms in total. The number of nitrogens with zero attached hydrogens (tertiary/aromatic N) is 3. The maximum atomic E-state index is 12.7. The Kier molecular flexibility index (Phi) is 28.6. The molecule has 1 aromatic carbocycles. The van der Waals surface area contributed by atoms with E-state index < -0.39 is 68.6 Å². The molecule has 2 aliphatic heterocycles. The Morgan fingerprint density at radius 1 is 0.627 bits per heavy atom. The molecule has 2 fully saturated rings. The molecule has 10 N–H and O–H groups in total. The second kappa shape index (κ2) is 32.5. The van der Waals surface area contributed by atoms with Gasteiger partial charge in [0.1, 0.15) is 0 Å². The first-order valence-electron chi connectivity index (χ1n) is 22.4. The predicted molar refractivity (Wildman–Crippen MR) is 242 cm³/mol. The normalized spacial score (nSPS) is 16.6. The third-order valence-electron chi connectivity index (χ3n) is 11.1. The molecule has 1 radical (unpaired) electrons. The first kappa shape index (κ1) is 58.9. The zero-order valence-corrected chi connectivity index (χ0v) is 41.1. The van der Waals surface area contributed by atoms with Crippen LogP contribution in [0.1, 0.15) is 82.6 Å². The van der Waals surface area contributed by atoms with Crippen molar-refractivity contribution >= 4 is 71.0 Å². The van der Waals surface area contributed by atoms with Gasteiger partial charge >= 0.3 is 76.3 Å². The van der Waals surface area contributed by atoms with E-state index in [0.29, 0.717) is 68.1 Å². The number of hydrogen-bond acceptors (Lipinski definition) is 13. The monoisotopic (exact) mass is 1100 g/mol. The largest absolute Gasteiger partial charge is 3.00 e. The average Bonchev–Trinajstić information content (AvgIpc) is 3.79. The van der Waals surface area contributed by atoms with E-state index in [1.54, 1.807) is 24.3 Å². The van der Waals surface area contributed by atoms with Gasteiger partial charge in [-0.1, -0.05) is 31.4 Å². The Balaban J connectivity index is 0.0000154. The van der Waals surface area contributed by atoms with Gasteiger partial charge in [0.2, 0.25) is 17.7 Å². The Labute approximate surface area is 426 Å². The summed E-state index contributed by atoms with van der Waals surface area (Å²) < 4.78 is 0. The molecule has 1 aromatic rings. The first-order valence-corrected chi connectivity index (χ1v) is 23.4. The van der Waals surface area contributed by atoms with Crippen LogP contribution < -0.4 is 26.6 Å². The quantitative estimate of drug-likeness (QED) is 0.0330. The number of hydrogen-bond donors (Lipinski definition) is 10. The van der Waals surface area contributed by atoms with Crippen molar-refractivity contribution in [1.82, 2.24) is 36.0 Å². The number of anilines is 1. The zero-order valence-electron chi connectivity index (χ0n) is 37.7. The number of carboxylic acids is 5. The number of carbonyl (C=O) groups is 9. The van der Waals surface area contributed by atoms with E-state index in [0.717, 1.165) is 42.8 Å². The second-order valence-corrected chi connectivity index (χ2v) is 17.9. The molecule has 2 saturated heterocycles. The van der Waals surface area contributed by atoms with Crippen molar-refractivity contribution in [3.63, 3.8) is 0 Å². The van der Waals surface area contributed by atoms with Gasteiger partial charge in [0, 0.05) is 74.7 Å². The SMILES string of the molecule is O=C(O)CN(CCN(CC(=O)O)CC(Cc1ccc(NC(=O)CCCCCNC(=O)CCCCCNC(=O)CCCCC2SCC3NC(=O)NC32)cc1)N(CC(=O)O)CC(=O)O)CC(=O)O.[Sm+3]. The molecular weight excluding hydrogens is 1030 g/mol. The summed E-state index contributed by atoms with van der Waals surface area (Å²) in [5, 5.41) is 62.1. The third kappa shape index (κ3) is 25.7. The van der Waals surface area contributed by atoms with Crippen LogP contribution in [0.5, 0.6) is 0 Å². The maximum Gasteiger partial charge on any atom is 3.00 e. The number of carbonyl (C=O) groups excluding carboxylic acids is 4. The van der Waals surface area contributed by atoms with Gasteiger partial charge in [0.15, 0.2) is 0 Å². The number of carboxylic acid groups (broad SMARTS) is 5. The number of benzene rings is 1. The summed E-state index contributed by atoms with van der Waals surface area (Å²) in [5.41, 5.74) is 1.10. The molecule has 0 bridgehead atoms. The van der Waals surface area contributed by atoms with Gasteiger partial charge in [0.25, 0.3) is 0 Å². The van der Waals surface area contributed by atoms with Crippen molar-refractivity contribution in [3.05, 3.63) is 29.8 Å². The van der Waals surface area contributed by atoms with Crippen molar-refractivity contribution < 1.29 is 109 Å². The second-order valence-electron chi connectivity index (χ2n) is 16.6. The third-order valence-corrected chi connectivity index (χ3v) is 12.6. The predicted octanol–water partition coefficient (Wildman–Crippen LogP) is 0.944. The van der Waals surface area contributed by atoms with Crippen LogP contribution in [0.3, 0.4) is 0 Å². The molecule has 371 valence electrons. The number of aliphatic carboxylic acids is 5. The van der Waals surface area contributed by atoms with Crippen molar-refractivity contribution in [1.29, 1.82) is 0 Å². The summed E-state index contributed by atoms with van der Waals surface area (Å²) in [6, 6.07) is 6.02. The fourth-order valence-electron chi connectivity index (χ4n) is 7.88. The minimum Gasteiger partial charge on any atom is -0.480 e. The molecule has 24 heteroatoms. The summed E-state index contributed by atoms with van der Waals surface area (Å²) in [6.07, 6.45) is 8.20. The number of urea groups is 1. The van der Waals surface area contributed by atoms with Crippen LogP contribution in [0.25, 0.3) is 0 Å². The number of nitrogens with one attached hydrogen (secondary N) is 5. The summed E-state index contributed by atoms with van der Waals surface area (Å²) in [7, 11) is 0. The Bertz CT molecular complexity index is 1770. The minimum absolute atomic E-state index is 0. The standard InChI is InChI=1S/C43H66N8O14S.Sm/c52-34(10-3-1-7-17-45-35(53)11-6-5-9-33-42-32(28-66-33)47-43(65)48-42)44-18-8-2-4-12-36(54)46-30-15-13-29(14-16-30)21-31(51(26-40(61)62)27-41(63)64)22-49(23-37(55)56)19-20-50(24-38(57)58)25-39(59)60;/h13-16,31-33,42H,1-12,17-28H2,(H,44,52)(H,45,53)(H,46,54)(H,55,56)(H,57,58)(H,59,60)(H,61,62)(H,63,64)(H2,47,48,65);/q;+3. The van der Waals surface area contributed by atoms with Crippen LogP contribution in [-0.4, -0.2) is 188 Å². The molecule has 2 heterocycles. The van der Waals surface area contributed by atoms with E-state index in [1.165, 1.54) is 9.80 Å². The molecule has 0 spiro atoms. The molecule has 4 atom stereocenters. The molecule has 5 amide bonds. The van der Waals surface area contributed by atoms with Crippen LogP contribution in [0.4, 0.5) is 10.5 Å². The van der Waals surface area contributed by atoms with E-state index in [1.807, 2.05) is 11.8 Å². The smallest absolute Gasteiger partial charge is 0.480 e. The van der Waals surface area contributed by atoms with Gasteiger partial charge in [-0.15, -0.1) is 0 Å². The number of fused-ring (bicyclic) bond motifs is 1. The molecule has 0 aromatic heterocycles. The molecule has 2 aliphatic rings. The van der Waals surface area contributed by atoms with E-state index in [2.05, 4.69) is 26.6 Å². The maximum absolute atomic E-state index is 12.7. The molecule has 4 unspecified atom stereocenters. The fraction of sp³-hybridized carbons (Fsp3) is 0.651. The van der Waals surface area contributed by atoms with Crippen LogP contribution >= 0.6 is 11.8 Å². The average molecular weight is 1100 g/mol. The Hall–Kier alpha value is -4.18. The minimum atomic E-state index is -1.32. The molecule has 3 rings (SSSR count). The van der Waals surface area contributed by atoms with Crippen LogP contribution in [0.15, 0.2) is 24.3 Å². The number of thioether (sulfide) groups is 1. The van der Waals surface area contributed by atoms with E-state index in [-0.39, 0.29) is 109 Å². The van der Waals surface area contributed by atoms with Crippen molar-refractivity contribution in [2.75, 3.05) is 76.5 Å². The van der Waals surface area contributed by atoms with Gasteiger partial charge in [-0.3, -0.25) is 53.1 Å². The van der Waals surface area contributed by atoms with Crippen molar-refractivity contribution in [2.24, 2.45) is 0 Å². The molecule has 0 aliphatic carbocycles. The van der Waals surface area contributed by atoms with Crippen LogP contribution in [0.2, 0.25) is 0 Å². The van der Waals surface area contributed by atoms with Crippen molar-refractivity contribution in [3.8, 4) is 0 Å². The van der Waals surface area contributed by atoms with Gasteiger partial charge < -0.3 is 52.1 Å². The van der Waals surface area contributed by atoms with Crippen LogP contribution in [-0.2, 0) is 44.8 Å². The van der Waals surface area contributed by atoms with E-state index in [9.17, 15) is 68.7 Å². The molecule has 67 heavy (non-hydrogen) atoms. The Morgan fingerprint density at radius 2 is 1.12 bits per heavy atom.